The van der Waals surface area contributed by atoms with E-state index in [1.165, 1.54) is 0 Å². The summed E-state index contributed by atoms with van der Waals surface area (Å²) in [6.45, 7) is 0. The molecule has 0 saturated carbocycles. The van der Waals surface area contributed by atoms with Crippen molar-refractivity contribution in [3.63, 3.8) is 0 Å². The van der Waals surface area contributed by atoms with E-state index in [0.29, 0.717) is 4.90 Å². The molecular formula is C8H6F11NOS2. The molecule has 0 radical (unpaired) electrons. The summed E-state index contributed by atoms with van der Waals surface area (Å²) in [7, 11) is 1.88. The van der Waals surface area contributed by atoms with Crippen LogP contribution in [-0.4, -0.2) is 52.9 Å². The summed E-state index contributed by atoms with van der Waals surface area (Å²) in [6.07, 6.45) is -20.2. The minimum Gasteiger partial charge on any atom is -0.363 e. The van der Waals surface area contributed by atoms with Crippen LogP contribution in [0.15, 0.2) is 0 Å². The summed E-state index contributed by atoms with van der Waals surface area (Å²) in [5.41, 5.74) is 0. The van der Waals surface area contributed by atoms with Crippen LogP contribution in [0.4, 0.5) is 48.3 Å². The average molecular weight is 405 g/mol. The number of nitrogens with zero attached hydrogens (tertiary/aromatic N) is 1. The van der Waals surface area contributed by atoms with Gasteiger partial charge in [0.2, 0.25) is 0 Å². The van der Waals surface area contributed by atoms with Gasteiger partial charge in [0.25, 0.3) is 0 Å². The zero-order valence-electron chi connectivity index (χ0n) is 10.8. The molecule has 2 nitrogen and oxygen atoms in total. The molecule has 0 spiro atoms. The van der Waals surface area contributed by atoms with Crippen molar-refractivity contribution in [2.75, 3.05) is 14.1 Å². The Bertz CT molecular complexity index is 446. The quantitative estimate of drug-likeness (QED) is 0.386. The van der Waals surface area contributed by atoms with Gasteiger partial charge < -0.3 is 4.90 Å². The van der Waals surface area contributed by atoms with Gasteiger partial charge in [0, 0.05) is 14.1 Å². The third-order valence-corrected chi connectivity index (χ3v) is 3.64. The van der Waals surface area contributed by atoms with Crippen LogP contribution in [0, 0.1) is 0 Å². The van der Waals surface area contributed by atoms with Gasteiger partial charge in [0.1, 0.15) is 4.32 Å². The Labute approximate surface area is 130 Å². The van der Waals surface area contributed by atoms with Gasteiger partial charge in [-0.05, 0) is 11.8 Å². The first-order chi connectivity index (χ1) is 9.78. The van der Waals surface area contributed by atoms with E-state index in [-0.39, 0.29) is 0 Å². The second kappa shape index (κ2) is 6.38. The second-order valence-corrected chi connectivity index (χ2v) is 5.75. The Morgan fingerprint density at radius 3 is 1.48 bits per heavy atom. The van der Waals surface area contributed by atoms with Crippen molar-refractivity contribution in [2.24, 2.45) is 0 Å². The molecule has 0 bridgehead atoms. The molecule has 0 fully saturated rings. The molecule has 0 aromatic carbocycles. The predicted octanol–water partition coefficient (Wildman–Crippen LogP) is 4.56. The Kier molecular flexibility index (Phi) is 6.23. The highest BCUT2D eigenvalue weighted by Crippen LogP contribution is 2.54. The Morgan fingerprint density at radius 1 is 0.826 bits per heavy atom. The van der Waals surface area contributed by atoms with Gasteiger partial charge >= 0.3 is 29.6 Å². The van der Waals surface area contributed by atoms with Gasteiger partial charge in [-0.3, -0.25) is 4.74 Å². The second-order valence-electron chi connectivity index (χ2n) is 3.99. The third-order valence-electron chi connectivity index (χ3n) is 1.90. The zero-order chi connectivity index (χ0) is 19.1. The number of rotatable bonds is 4. The molecule has 0 aliphatic rings. The Balaban J connectivity index is 5.78. The lowest BCUT2D eigenvalue weighted by atomic mass is 10.3. The standard InChI is InChI=1S/C8H6F11NOS2/c1-20(2)3(22)23-8(19,6(14,15)16)21-7(17,18)4(9,10)5(11,12)13/h1-2H3. The van der Waals surface area contributed by atoms with Gasteiger partial charge in [0.05, 0.1) is 0 Å². The van der Waals surface area contributed by atoms with Crippen LogP contribution in [0.5, 0.6) is 0 Å². The van der Waals surface area contributed by atoms with E-state index >= 15 is 0 Å². The van der Waals surface area contributed by atoms with Crippen LogP contribution in [0.1, 0.15) is 0 Å². The van der Waals surface area contributed by atoms with Crippen LogP contribution in [0.2, 0.25) is 0 Å². The van der Waals surface area contributed by atoms with E-state index in [9.17, 15) is 48.3 Å². The van der Waals surface area contributed by atoms with Crippen molar-refractivity contribution in [3.8, 4) is 0 Å². The van der Waals surface area contributed by atoms with Crippen LogP contribution in [0.25, 0.3) is 0 Å². The predicted molar refractivity (Wildman–Crippen MR) is 60.8 cm³/mol. The monoisotopic (exact) mass is 405 g/mol. The lowest BCUT2D eigenvalue weighted by molar-refractivity contribution is -0.464. The molecule has 0 amide bonds. The van der Waals surface area contributed by atoms with E-state index in [1.807, 2.05) is 0 Å². The SMILES string of the molecule is CN(C)C(=S)SC(F)(OC(F)(F)C(F)(F)C(F)(F)F)C(F)(F)F. The fourth-order valence-electron chi connectivity index (χ4n) is 0.734. The molecule has 1 atom stereocenters. The van der Waals surface area contributed by atoms with Crippen molar-refractivity contribution in [1.82, 2.24) is 4.90 Å². The Hall–Kier alpha value is -0.570. The van der Waals surface area contributed by atoms with E-state index in [2.05, 4.69) is 17.0 Å². The van der Waals surface area contributed by atoms with E-state index in [4.69, 9.17) is 0 Å². The first-order valence-electron chi connectivity index (χ1n) is 4.97. The molecule has 23 heavy (non-hydrogen) atoms. The molecular weight excluding hydrogens is 399 g/mol. The topological polar surface area (TPSA) is 12.5 Å². The Morgan fingerprint density at radius 2 is 1.22 bits per heavy atom. The van der Waals surface area contributed by atoms with Gasteiger partial charge in [-0.2, -0.15) is 48.3 Å². The molecule has 15 heteroatoms. The number of ether oxygens (including phenoxy) is 1. The highest BCUT2D eigenvalue weighted by atomic mass is 32.2. The summed E-state index contributed by atoms with van der Waals surface area (Å²) >= 11 is 2.84. The van der Waals surface area contributed by atoms with Crippen LogP contribution in [0.3, 0.4) is 0 Å². The van der Waals surface area contributed by atoms with E-state index < -0.39 is 45.7 Å². The number of hydrogen-bond donors (Lipinski definition) is 0. The van der Waals surface area contributed by atoms with Crippen molar-refractivity contribution >= 4 is 28.3 Å². The van der Waals surface area contributed by atoms with Crippen molar-refractivity contribution in [1.29, 1.82) is 0 Å². The first-order valence-corrected chi connectivity index (χ1v) is 6.19. The highest BCUT2D eigenvalue weighted by Gasteiger charge is 2.78. The molecule has 0 aromatic heterocycles. The van der Waals surface area contributed by atoms with Crippen LogP contribution in [-0.2, 0) is 4.74 Å². The van der Waals surface area contributed by atoms with Gasteiger partial charge in [-0.25, -0.2) is 0 Å². The van der Waals surface area contributed by atoms with Crippen LogP contribution >= 0.6 is 24.0 Å². The molecule has 0 aliphatic heterocycles. The van der Waals surface area contributed by atoms with E-state index in [0.717, 1.165) is 14.1 Å². The summed E-state index contributed by atoms with van der Waals surface area (Å²) in [5.74, 6) is -7.08. The lowest BCUT2D eigenvalue weighted by Crippen LogP contribution is -2.58. The molecule has 0 N–H and O–H groups in total. The maximum absolute atomic E-state index is 13.6. The number of halogens is 11. The number of thiocarbonyl (C=S) groups is 1. The van der Waals surface area contributed by atoms with E-state index in [1.54, 1.807) is 0 Å². The zero-order valence-corrected chi connectivity index (χ0v) is 12.5. The average Bonchev–Trinajstić information content (AvgIpc) is 2.24. The molecule has 0 saturated heterocycles. The molecule has 138 valence electrons. The molecule has 0 heterocycles. The smallest absolute Gasteiger partial charge is 0.363 e. The lowest BCUT2D eigenvalue weighted by Gasteiger charge is -2.34. The molecule has 0 rings (SSSR count). The van der Waals surface area contributed by atoms with Crippen molar-refractivity contribution in [3.05, 3.63) is 0 Å². The van der Waals surface area contributed by atoms with Crippen molar-refractivity contribution < 1.29 is 53.0 Å². The highest BCUT2D eigenvalue weighted by molar-refractivity contribution is 8.23. The summed E-state index contributed by atoms with van der Waals surface area (Å²) in [5, 5.41) is -5.65. The first kappa shape index (κ1) is 22.4. The fraction of sp³-hybridized carbons (Fsp3) is 0.875. The number of hydrogen-bond acceptors (Lipinski definition) is 3. The minimum atomic E-state index is -7.08. The summed E-state index contributed by atoms with van der Waals surface area (Å²) < 4.78 is 139. The minimum absolute atomic E-state index is 0.587. The normalized spacial score (nSPS) is 16.9. The third kappa shape index (κ3) is 4.71. The molecule has 0 aromatic rings. The van der Waals surface area contributed by atoms with Crippen LogP contribution < -0.4 is 0 Å². The maximum atomic E-state index is 13.6. The van der Waals surface area contributed by atoms with Crippen molar-refractivity contribution in [2.45, 2.75) is 29.6 Å². The summed E-state index contributed by atoms with van der Waals surface area (Å²) in [6, 6.07) is 0. The van der Waals surface area contributed by atoms with Gasteiger partial charge in [-0.15, -0.1) is 0 Å². The maximum Gasteiger partial charge on any atom is 0.462 e. The number of alkyl halides is 11. The number of thioether (sulfide) groups is 1. The van der Waals surface area contributed by atoms with Gasteiger partial charge in [-0.1, -0.05) is 12.2 Å². The largest absolute Gasteiger partial charge is 0.462 e. The van der Waals surface area contributed by atoms with Gasteiger partial charge in [0.15, 0.2) is 0 Å². The molecule has 0 aliphatic carbocycles. The fourth-order valence-corrected chi connectivity index (χ4v) is 1.72. The molecule has 1 unspecified atom stereocenters. The summed E-state index contributed by atoms with van der Waals surface area (Å²) in [4.78, 5) is 0.587.